The molecule has 0 amide bonds. The molecule has 0 spiro atoms. The molecule has 1 N–H and O–H groups in total. The number of nitrogens with zero attached hydrogens (tertiary/aromatic N) is 1. The predicted octanol–water partition coefficient (Wildman–Crippen LogP) is 1.89. The lowest BCUT2D eigenvalue weighted by molar-refractivity contribution is 0.0187. The molecular weight excluding hydrogens is 202 g/mol. The van der Waals surface area contributed by atoms with E-state index < -0.39 is 0 Å². The molecule has 0 bridgehead atoms. The molecule has 1 aliphatic carbocycles. The van der Waals surface area contributed by atoms with Crippen molar-refractivity contribution in [3.63, 3.8) is 0 Å². The number of aliphatic hydroxyl groups is 1. The first-order valence-electron chi connectivity index (χ1n) is 6.63. The van der Waals surface area contributed by atoms with E-state index in [1.807, 2.05) is 6.92 Å². The Kier molecular flexibility index (Phi) is 6.32. The van der Waals surface area contributed by atoms with Crippen LogP contribution in [0.1, 0.15) is 40.0 Å². The molecule has 96 valence electrons. The fraction of sp³-hybridized carbons (Fsp3) is 1.00. The molecule has 0 aromatic heterocycles. The van der Waals surface area contributed by atoms with Gasteiger partial charge in [0.25, 0.3) is 0 Å². The summed E-state index contributed by atoms with van der Waals surface area (Å²) in [4.78, 5) is 2.43. The standard InChI is InChI=1S/C13H27NO2/c1-4-16-10-13(15)9-14(12-5-6-12)8-7-11(2)3/h11-13,15H,4-10H2,1-3H3. The second-order valence-electron chi connectivity index (χ2n) is 5.22. The number of ether oxygens (including phenoxy) is 1. The van der Waals surface area contributed by atoms with Crippen molar-refractivity contribution in [3.05, 3.63) is 0 Å². The van der Waals surface area contributed by atoms with Gasteiger partial charge in [0.2, 0.25) is 0 Å². The minimum absolute atomic E-state index is 0.326. The highest BCUT2D eigenvalue weighted by Crippen LogP contribution is 2.27. The van der Waals surface area contributed by atoms with Crippen molar-refractivity contribution in [2.24, 2.45) is 5.92 Å². The predicted molar refractivity (Wildman–Crippen MR) is 66.5 cm³/mol. The number of hydrogen-bond acceptors (Lipinski definition) is 3. The van der Waals surface area contributed by atoms with Gasteiger partial charge in [-0.1, -0.05) is 13.8 Å². The summed E-state index contributed by atoms with van der Waals surface area (Å²) < 4.78 is 5.25. The molecule has 1 atom stereocenters. The SMILES string of the molecule is CCOCC(O)CN(CCC(C)C)C1CC1. The van der Waals surface area contributed by atoms with Crippen LogP contribution in [0.3, 0.4) is 0 Å². The zero-order valence-corrected chi connectivity index (χ0v) is 11.0. The Hall–Kier alpha value is -0.120. The average molecular weight is 229 g/mol. The summed E-state index contributed by atoms with van der Waals surface area (Å²) in [5, 5.41) is 9.83. The van der Waals surface area contributed by atoms with Gasteiger partial charge in [-0.25, -0.2) is 0 Å². The van der Waals surface area contributed by atoms with E-state index in [1.165, 1.54) is 19.3 Å². The minimum Gasteiger partial charge on any atom is -0.389 e. The molecule has 0 aromatic rings. The zero-order chi connectivity index (χ0) is 12.0. The van der Waals surface area contributed by atoms with E-state index in [4.69, 9.17) is 4.74 Å². The summed E-state index contributed by atoms with van der Waals surface area (Å²) in [6.07, 6.45) is 3.50. The molecule has 1 unspecified atom stereocenters. The molecule has 3 heteroatoms. The fourth-order valence-corrected chi connectivity index (χ4v) is 1.86. The Morgan fingerprint density at radius 3 is 2.56 bits per heavy atom. The number of hydrogen-bond donors (Lipinski definition) is 1. The van der Waals surface area contributed by atoms with Gasteiger partial charge in [0, 0.05) is 19.2 Å². The van der Waals surface area contributed by atoms with Gasteiger partial charge in [-0.2, -0.15) is 0 Å². The zero-order valence-electron chi connectivity index (χ0n) is 11.0. The molecule has 0 aromatic carbocycles. The van der Waals surface area contributed by atoms with Crippen LogP contribution >= 0.6 is 0 Å². The maximum atomic E-state index is 9.83. The van der Waals surface area contributed by atoms with Crippen molar-refractivity contribution >= 4 is 0 Å². The van der Waals surface area contributed by atoms with E-state index >= 15 is 0 Å². The number of aliphatic hydroxyl groups excluding tert-OH is 1. The van der Waals surface area contributed by atoms with Crippen LogP contribution in [0.15, 0.2) is 0 Å². The summed E-state index contributed by atoms with van der Waals surface area (Å²) in [7, 11) is 0. The quantitative estimate of drug-likeness (QED) is 0.655. The Labute approximate surface area is 99.8 Å². The summed E-state index contributed by atoms with van der Waals surface area (Å²) in [6.45, 7) is 9.52. The third-order valence-electron chi connectivity index (χ3n) is 3.02. The summed E-state index contributed by atoms with van der Waals surface area (Å²) in [5.74, 6) is 0.741. The molecule has 0 aliphatic heterocycles. The highest BCUT2D eigenvalue weighted by molar-refractivity contribution is 4.85. The van der Waals surface area contributed by atoms with Crippen molar-refractivity contribution in [2.75, 3.05) is 26.3 Å². The molecule has 0 saturated heterocycles. The Bertz CT molecular complexity index is 181. The van der Waals surface area contributed by atoms with Gasteiger partial charge in [0.05, 0.1) is 12.7 Å². The Morgan fingerprint density at radius 2 is 2.06 bits per heavy atom. The lowest BCUT2D eigenvalue weighted by atomic mass is 10.1. The highest BCUT2D eigenvalue weighted by Gasteiger charge is 2.29. The van der Waals surface area contributed by atoms with Crippen molar-refractivity contribution in [1.29, 1.82) is 0 Å². The van der Waals surface area contributed by atoms with Crippen molar-refractivity contribution < 1.29 is 9.84 Å². The normalized spacial score (nSPS) is 18.4. The van der Waals surface area contributed by atoms with Crippen LogP contribution in [0.4, 0.5) is 0 Å². The molecule has 1 fully saturated rings. The van der Waals surface area contributed by atoms with Crippen LogP contribution in [-0.2, 0) is 4.74 Å². The minimum atomic E-state index is -0.326. The van der Waals surface area contributed by atoms with E-state index in [-0.39, 0.29) is 6.10 Å². The van der Waals surface area contributed by atoms with Gasteiger partial charge in [-0.05, 0) is 38.6 Å². The highest BCUT2D eigenvalue weighted by atomic mass is 16.5. The molecule has 0 radical (unpaired) electrons. The molecular formula is C13H27NO2. The molecule has 16 heavy (non-hydrogen) atoms. The maximum Gasteiger partial charge on any atom is 0.0900 e. The maximum absolute atomic E-state index is 9.83. The van der Waals surface area contributed by atoms with Crippen LogP contribution in [0.5, 0.6) is 0 Å². The first kappa shape index (κ1) is 13.9. The molecule has 3 nitrogen and oxygen atoms in total. The van der Waals surface area contributed by atoms with E-state index in [2.05, 4.69) is 18.7 Å². The van der Waals surface area contributed by atoms with Crippen LogP contribution in [0.2, 0.25) is 0 Å². The molecule has 1 rings (SSSR count). The average Bonchev–Trinajstić information content (AvgIpc) is 3.04. The van der Waals surface area contributed by atoms with Crippen LogP contribution < -0.4 is 0 Å². The lowest BCUT2D eigenvalue weighted by Gasteiger charge is -2.25. The summed E-state index contributed by atoms with van der Waals surface area (Å²) in [5.41, 5.74) is 0. The third-order valence-corrected chi connectivity index (χ3v) is 3.02. The van der Waals surface area contributed by atoms with Gasteiger partial charge < -0.3 is 9.84 Å². The number of rotatable bonds is 9. The van der Waals surface area contributed by atoms with Crippen molar-refractivity contribution in [3.8, 4) is 0 Å². The summed E-state index contributed by atoms with van der Waals surface area (Å²) >= 11 is 0. The molecule has 1 aliphatic rings. The van der Waals surface area contributed by atoms with Gasteiger partial charge in [0.15, 0.2) is 0 Å². The van der Waals surface area contributed by atoms with Gasteiger partial charge in [-0.3, -0.25) is 4.90 Å². The lowest BCUT2D eigenvalue weighted by Crippen LogP contribution is -2.37. The first-order chi connectivity index (χ1) is 7.63. The largest absolute Gasteiger partial charge is 0.389 e. The van der Waals surface area contributed by atoms with Crippen LogP contribution in [-0.4, -0.2) is 48.5 Å². The molecule has 1 saturated carbocycles. The van der Waals surface area contributed by atoms with Gasteiger partial charge >= 0.3 is 0 Å². The fourth-order valence-electron chi connectivity index (χ4n) is 1.86. The second kappa shape index (κ2) is 7.25. The molecule has 0 heterocycles. The van der Waals surface area contributed by atoms with Crippen LogP contribution in [0.25, 0.3) is 0 Å². The second-order valence-corrected chi connectivity index (χ2v) is 5.22. The first-order valence-corrected chi connectivity index (χ1v) is 6.63. The van der Waals surface area contributed by atoms with Crippen molar-refractivity contribution in [2.45, 2.75) is 52.2 Å². The Balaban J connectivity index is 2.21. The monoisotopic (exact) mass is 229 g/mol. The van der Waals surface area contributed by atoms with E-state index in [0.717, 1.165) is 25.0 Å². The van der Waals surface area contributed by atoms with Crippen LogP contribution in [0, 0.1) is 5.92 Å². The van der Waals surface area contributed by atoms with E-state index in [9.17, 15) is 5.11 Å². The van der Waals surface area contributed by atoms with Crippen molar-refractivity contribution in [1.82, 2.24) is 4.90 Å². The third kappa shape index (κ3) is 5.83. The van der Waals surface area contributed by atoms with E-state index in [1.54, 1.807) is 0 Å². The topological polar surface area (TPSA) is 32.7 Å². The van der Waals surface area contributed by atoms with E-state index in [0.29, 0.717) is 13.2 Å². The van der Waals surface area contributed by atoms with Gasteiger partial charge in [-0.15, -0.1) is 0 Å². The Morgan fingerprint density at radius 1 is 1.38 bits per heavy atom. The smallest absolute Gasteiger partial charge is 0.0900 e. The summed E-state index contributed by atoms with van der Waals surface area (Å²) in [6, 6.07) is 0.732. The van der Waals surface area contributed by atoms with Gasteiger partial charge in [0.1, 0.15) is 0 Å².